The first-order valence-electron chi connectivity index (χ1n) is 8.17. The Morgan fingerprint density at radius 2 is 1.92 bits per heavy atom. The first-order valence-corrected chi connectivity index (χ1v) is 8.17. The Morgan fingerprint density at radius 3 is 2.69 bits per heavy atom. The molecular formula is C20H15N5O. The molecule has 0 atom stereocenters. The summed E-state index contributed by atoms with van der Waals surface area (Å²) in [6.07, 6.45) is 5.84. The van der Waals surface area contributed by atoms with Crippen LogP contribution in [0.4, 0.5) is 0 Å². The van der Waals surface area contributed by atoms with Gasteiger partial charge in [0.1, 0.15) is 0 Å². The van der Waals surface area contributed by atoms with Gasteiger partial charge < -0.3 is 9.09 Å². The molecule has 0 aliphatic carbocycles. The standard InChI is InChI=1S/C20H15N5O/c21-9-8-15-2-1-3-18(12-15)20-23-19(24-26-20)17-6-4-16(5-7-17)13-25-11-10-22-14-25/h1-7,10-12,14H,8,13H2. The summed E-state index contributed by atoms with van der Waals surface area (Å²) in [6, 6.07) is 17.8. The van der Waals surface area contributed by atoms with Gasteiger partial charge in [0, 0.05) is 30.1 Å². The van der Waals surface area contributed by atoms with Crippen molar-refractivity contribution in [1.82, 2.24) is 19.7 Å². The van der Waals surface area contributed by atoms with Gasteiger partial charge in [0.15, 0.2) is 0 Å². The molecule has 0 amide bonds. The van der Waals surface area contributed by atoms with Gasteiger partial charge in [-0.3, -0.25) is 0 Å². The molecule has 126 valence electrons. The van der Waals surface area contributed by atoms with Crippen LogP contribution in [0.1, 0.15) is 11.1 Å². The highest BCUT2D eigenvalue weighted by Gasteiger charge is 2.11. The van der Waals surface area contributed by atoms with Crippen LogP contribution in [-0.4, -0.2) is 19.7 Å². The highest BCUT2D eigenvalue weighted by Crippen LogP contribution is 2.23. The molecule has 0 aliphatic heterocycles. The number of rotatable bonds is 5. The Morgan fingerprint density at radius 1 is 1.04 bits per heavy atom. The van der Waals surface area contributed by atoms with Crippen molar-refractivity contribution in [3.05, 3.63) is 78.4 Å². The van der Waals surface area contributed by atoms with Gasteiger partial charge in [-0.1, -0.05) is 41.6 Å². The lowest BCUT2D eigenvalue weighted by Crippen LogP contribution is -1.96. The van der Waals surface area contributed by atoms with Crippen molar-refractivity contribution in [2.24, 2.45) is 0 Å². The summed E-state index contributed by atoms with van der Waals surface area (Å²) in [7, 11) is 0. The molecule has 4 rings (SSSR count). The Hall–Kier alpha value is -3.72. The van der Waals surface area contributed by atoms with E-state index in [1.54, 1.807) is 12.5 Å². The van der Waals surface area contributed by atoms with E-state index in [1.807, 2.05) is 59.3 Å². The average molecular weight is 341 g/mol. The number of hydrogen-bond donors (Lipinski definition) is 0. The zero-order valence-corrected chi connectivity index (χ0v) is 13.9. The van der Waals surface area contributed by atoms with Crippen molar-refractivity contribution in [2.45, 2.75) is 13.0 Å². The van der Waals surface area contributed by atoms with E-state index in [-0.39, 0.29) is 0 Å². The highest BCUT2D eigenvalue weighted by molar-refractivity contribution is 5.60. The van der Waals surface area contributed by atoms with E-state index in [0.717, 1.165) is 23.2 Å². The lowest BCUT2D eigenvalue weighted by molar-refractivity contribution is 0.432. The van der Waals surface area contributed by atoms with Crippen molar-refractivity contribution in [1.29, 1.82) is 5.26 Å². The molecule has 26 heavy (non-hydrogen) atoms. The molecule has 0 saturated carbocycles. The molecule has 2 aromatic carbocycles. The van der Waals surface area contributed by atoms with Crippen molar-refractivity contribution in [3.8, 4) is 28.9 Å². The van der Waals surface area contributed by atoms with Gasteiger partial charge in [0.05, 0.1) is 18.8 Å². The number of benzene rings is 2. The predicted molar refractivity (Wildman–Crippen MR) is 95.8 cm³/mol. The van der Waals surface area contributed by atoms with Gasteiger partial charge in [-0.15, -0.1) is 0 Å². The van der Waals surface area contributed by atoms with Crippen molar-refractivity contribution in [2.75, 3.05) is 0 Å². The van der Waals surface area contributed by atoms with Crippen LogP contribution in [0, 0.1) is 11.3 Å². The summed E-state index contributed by atoms with van der Waals surface area (Å²) >= 11 is 0. The third-order valence-corrected chi connectivity index (χ3v) is 4.02. The summed E-state index contributed by atoms with van der Waals surface area (Å²) in [4.78, 5) is 8.53. The second kappa shape index (κ2) is 7.03. The van der Waals surface area contributed by atoms with Crippen LogP contribution >= 0.6 is 0 Å². The number of nitrogens with zero attached hydrogens (tertiary/aromatic N) is 5. The van der Waals surface area contributed by atoms with Crippen LogP contribution in [0.5, 0.6) is 0 Å². The summed E-state index contributed by atoms with van der Waals surface area (Å²) in [5.41, 5.74) is 3.80. The topological polar surface area (TPSA) is 80.5 Å². The van der Waals surface area contributed by atoms with Crippen LogP contribution in [0.3, 0.4) is 0 Å². The molecule has 0 bridgehead atoms. The van der Waals surface area contributed by atoms with E-state index >= 15 is 0 Å². The minimum absolute atomic E-state index is 0.354. The Bertz CT molecular complexity index is 1040. The van der Waals surface area contributed by atoms with Crippen LogP contribution in [0.15, 0.2) is 71.8 Å². The van der Waals surface area contributed by atoms with E-state index in [2.05, 4.69) is 21.2 Å². The van der Waals surface area contributed by atoms with Gasteiger partial charge in [0.2, 0.25) is 5.82 Å². The van der Waals surface area contributed by atoms with Crippen LogP contribution in [0.2, 0.25) is 0 Å². The number of aromatic nitrogens is 4. The highest BCUT2D eigenvalue weighted by atomic mass is 16.5. The fourth-order valence-electron chi connectivity index (χ4n) is 2.71. The summed E-state index contributed by atoms with van der Waals surface area (Å²) in [5, 5.41) is 12.9. The maximum absolute atomic E-state index is 8.83. The average Bonchev–Trinajstić information content (AvgIpc) is 3.35. The van der Waals surface area contributed by atoms with Gasteiger partial charge in [-0.05, 0) is 23.3 Å². The molecule has 0 spiro atoms. The van der Waals surface area contributed by atoms with Crippen LogP contribution in [-0.2, 0) is 13.0 Å². The Kier molecular flexibility index (Phi) is 4.27. The number of imidazole rings is 1. The fraction of sp³-hybridized carbons (Fsp3) is 0.100. The summed E-state index contributed by atoms with van der Waals surface area (Å²) < 4.78 is 7.41. The molecule has 0 aliphatic rings. The van der Waals surface area contributed by atoms with E-state index < -0.39 is 0 Å². The lowest BCUT2D eigenvalue weighted by Gasteiger charge is -2.03. The van der Waals surface area contributed by atoms with E-state index in [9.17, 15) is 0 Å². The van der Waals surface area contributed by atoms with Gasteiger partial charge in [0.25, 0.3) is 5.89 Å². The smallest absolute Gasteiger partial charge is 0.258 e. The van der Waals surface area contributed by atoms with Crippen LogP contribution < -0.4 is 0 Å². The zero-order chi connectivity index (χ0) is 17.8. The first-order chi connectivity index (χ1) is 12.8. The van der Waals surface area contributed by atoms with E-state index in [0.29, 0.717) is 18.1 Å². The van der Waals surface area contributed by atoms with Crippen molar-refractivity contribution < 1.29 is 4.52 Å². The predicted octanol–water partition coefficient (Wildman–Crippen LogP) is 3.71. The molecule has 2 heterocycles. The van der Waals surface area contributed by atoms with Crippen molar-refractivity contribution in [3.63, 3.8) is 0 Å². The third kappa shape index (κ3) is 3.37. The molecule has 0 fully saturated rings. The number of nitriles is 1. The third-order valence-electron chi connectivity index (χ3n) is 4.02. The first kappa shape index (κ1) is 15.8. The minimum Gasteiger partial charge on any atom is -0.334 e. The Balaban J connectivity index is 1.54. The number of hydrogen-bond acceptors (Lipinski definition) is 5. The Labute approximate surface area is 150 Å². The molecule has 6 heteroatoms. The second-order valence-electron chi connectivity index (χ2n) is 5.89. The molecule has 0 N–H and O–H groups in total. The fourth-order valence-corrected chi connectivity index (χ4v) is 2.71. The van der Waals surface area contributed by atoms with E-state index in [4.69, 9.17) is 9.78 Å². The summed E-state index contributed by atoms with van der Waals surface area (Å²) in [6.45, 7) is 0.767. The zero-order valence-electron chi connectivity index (χ0n) is 13.9. The van der Waals surface area contributed by atoms with E-state index in [1.165, 1.54) is 5.56 Å². The van der Waals surface area contributed by atoms with Crippen molar-refractivity contribution >= 4 is 0 Å². The van der Waals surface area contributed by atoms with Crippen LogP contribution in [0.25, 0.3) is 22.8 Å². The molecule has 6 nitrogen and oxygen atoms in total. The molecule has 0 saturated heterocycles. The van der Waals surface area contributed by atoms with Gasteiger partial charge in [-0.25, -0.2) is 4.98 Å². The largest absolute Gasteiger partial charge is 0.334 e. The maximum Gasteiger partial charge on any atom is 0.258 e. The van der Waals surface area contributed by atoms with Gasteiger partial charge in [-0.2, -0.15) is 10.2 Å². The minimum atomic E-state index is 0.354. The molecule has 0 unspecified atom stereocenters. The molecule has 2 aromatic heterocycles. The monoisotopic (exact) mass is 341 g/mol. The maximum atomic E-state index is 8.83. The quantitative estimate of drug-likeness (QED) is 0.553. The molecule has 0 radical (unpaired) electrons. The molecular weight excluding hydrogens is 326 g/mol. The summed E-state index contributed by atoms with van der Waals surface area (Å²) in [5.74, 6) is 0.988. The SMILES string of the molecule is N#CCc1cccc(-c2nc(-c3ccc(Cn4ccnc4)cc3)no2)c1. The lowest BCUT2D eigenvalue weighted by atomic mass is 10.1. The second-order valence-corrected chi connectivity index (χ2v) is 5.89. The van der Waals surface area contributed by atoms with Gasteiger partial charge >= 0.3 is 0 Å². The molecule has 4 aromatic rings. The normalized spacial score (nSPS) is 10.6.